The van der Waals surface area contributed by atoms with Crippen molar-refractivity contribution in [1.29, 1.82) is 0 Å². The summed E-state index contributed by atoms with van der Waals surface area (Å²) < 4.78 is 5.50. The van der Waals surface area contributed by atoms with E-state index >= 15 is 0 Å². The first kappa shape index (κ1) is 10.9. The number of hydrogen-bond acceptors (Lipinski definition) is 5. The zero-order valence-electron chi connectivity index (χ0n) is 9.93. The Hall–Kier alpha value is -1.20. The van der Waals surface area contributed by atoms with Crippen LogP contribution in [0.15, 0.2) is 6.07 Å². The summed E-state index contributed by atoms with van der Waals surface area (Å²) in [5.41, 5.74) is 5.98. The van der Waals surface area contributed by atoms with Crippen LogP contribution in [0.25, 0.3) is 10.2 Å². The normalized spacial score (nSPS) is 17.5. The molecule has 0 aliphatic heterocycles. The number of thiophene rings is 1. The van der Waals surface area contributed by atoms with Crippen LogP contribution >= 0.6 is 11.3 Å². The molecule has 1 saturated carbocycles. The molecule has 2 aromatic rings. The molecule has 0 radical (unpaired) electrons. The molecule has 0 amide bonds. The van der Waals surface area contributed by atoms with Crippen LogP contribution in [0.2, 0.25) is 0 Å². The third-order valence-electron chi connectivity index (χ3n) is 3.12. The van der Waals surface area contributed by atoms with Gasteiger partial charge in [0.05, 0.1) is 5.39 Å². The molecule has 90 valence electrons. The predicted octanol–water partition coefficient (Wildman–Crippen LogP) is 2.68. The van der Waals surface area contributed by atoms with Crippen molar-refractivity contribution in [2.45, 2.75) is 25.9 Å². The summed E-state index contributed by atoms with van der Waals surface area (Å²) >= 11 is 1.65. The molecule has 0 spiro atoms. The van der Waals surface area contributed by atoms with Gasteiger partial charge in [0.2, 0.25) is 0 Å². The number of nitrogen functional groups attached to an aromatic ring is 1. The van der Waals surface area contributed by atoms with Crippen LogP contribution in [-0.2, 0) is 4.74 Å². The molecule has 0 saturated heterocycles. The molecule has 3 rings (SSSR count). The van der Waals surface area contributed by atoms with Crippen LogP contribution in [0, 0.1) is 12.8 Å². The summed E-state index contributed by atoms with van der Waals surface area (Å²) in [6, 6.07) is 2.04. The number of anilines is 1. The van der Waals surface area contributed by atoms with Gasteiger partial charge in [0.25, 0.3) is 0 Å². The standard InChI is InChI=1S/C12H15N3OS/c1-6-5-8-10(13)14-11(15-12(8)17-6)9(16-2)7-3-4-7/h5,7,9H,3-4H2,1-2H3,(H2,13,14,15). The van der Waals surface area contributed by atoms with Crippen molar-refractivity contribution in [3.8, 4) is 0 Å². The van der Waals surface area contributed by atoms with E-state index in [4.69, 9.17) is 10.5 Å². The fourth-order valence-electron chi connectivity index (χ4n) is 2.12. The van der Waals surface area contributed by atoms with E-state index in [0.29, 0.717) is 11.7 Å². The van der Waals surface area contributed by atoms with Crippen molar-refractivity contribution >= 4 is 27.4 Å². The Morgan fingerprint density at radius 2 is 2.24 bits per heavy atom. The van der Waals surface area contributed by atoms with Crippen LogP contribution in [0.4, 0.5) is 5.82 Å². The van der Waals surface area contributed by atoms with Gasteiger partial charge in [-0.05, 0) is 31.7 Å². The maximum Gasteiger partial charge on any atom is 0.161 e. The Bertz CT molecular complexity index is 562. The summed E-state index contributed by atoms with van der Waals surface area (Å²) in [4.78, 5) is 11.2. The van der Waals surface area contributed by atoms with E-state index in [1.807, 2.05) is 6.07 Å². The van der Waals surface area contributed by atoms with Gasteiger partial charge in [0.1, 0.15) is 16.8 Å². The Morgan fingerprint density at radius 3 is 2.88 bits per heavy atom. The number of aryl methyl sites for hydroxylation is 1. The van der Waals surface area contributed by atoms with Gasteiger partial charge in [-0.1, -0.05) is 0 Å². The van der Waals surface area contributed by atoms with E-state index < -0.39 is 0 Å². The van der Waals surface area contributed by atoms with Crippen LogP contribution in [0.1, 0.15) is 29.6 Å². The number of fused-ring (bicyclic) bond motifs is 1. The SMILES string of the molecule is COC(c1nc(N)c2cc(C)sc2n1)C1CC1. The summed E-state index contributed by atoms with van der Waals surface area (Å²) in [5, 5.41) is 0.960. The number of methoxy groups -OCH3 is 1. The highest BCUT2D eigenvalue weighted by molar-refractivity contribution is 7.18. The Balaban J connectivity index is 2.10. The van der Waals surface area contributed by atoms with E-state index in [1.54, 1.807) is 18.4 Å². The molecular weight excluding hydrogens is 234 g/mol. The Labute approximate surface area is 104 Å². The van der Waals surface area contributed by atoms with E-state index in [2.05, 4.69) is 16.9 Å². The Kier molecular flexibility index (Phi) is 2.52. The lowest BCUT2D eigenvalue weighted by molar-refractivity contribution is 0.0777. The molecular formula is C12H15N3OS. The highest BCUT2D eigenvalue weighted by Gasteiger charge is 2.34. The van der Waals surface area contributed by atoms with Crippen molar-refractivity contribution in [1.82, 2.24) is 9.97 Å². The minimum Gasteiger partial charge on any atom is -0.383 e. The molecule has 1 aliphatic rings. The van der Waals surface area contributed by atoms with Crippen molar-refractivity contribution in [2.75, 3.05) is 12.8 Å². The molecule has 0 aromatic carbocycles. The van der Waals surface area contributed by atoms with Gasteiger partial charge >= 0.3 is 0 Å². The molecule has 0 bridgehead atoms. The molecule has 2 N–H and O–H groups in total. The van der Waals surface area contributed by atoms with Gasteiger partial charge in [0, 0.05) is 12.0 Å². The van der Waals surface area contributed by atoms with E-state index in [0.717, 1.165) is 16.0 Å². The number of aromatic nitrogens is 2. The summed E-state index contributed by atoms with van der Waals surface area (Å²) in [6.45, 7) is 2.06. The van der Waals surface area contributed by atoms with Crippen LogP contribution in [0.5, 0.6) is 0 Å². The fourth-order valence-corrected chi connectivity index (χ4v) is 3.01. The molecule has 1 unspecified atom stereocenters. The van der Waals surface area contributed by atoms with Crippen molar-refractivity contribution in [2.24, 2.45) is 5.92 Å². The quantitative estimate of drug-likeness (QED) is 0.908. The van der Waals surface area contributed by atoms with Crippen molar-refractivity contribution in [3.05, 3.63) is 16.8 Å². The molecule has 1 atom stereocenters. The van der Waals surface area contributed by atoms with Crippen LogP contribution < -0.4 is 5.73 Å². The first-order valence-electron chi connectivity index (χ1n) is 5.75. The second-order valence-corrected chi connectivity index (χ2v) is 5.77. The number of rotatable bonds is 3. The smallest absolute Gasteiger partial charge is 0.161 e. The second kappa shape index (κ2) is 3.92. The lowest BCUT2D eigenvalue weighted by atomic mass is 10.2. The fraction of sp³-hybridized carbons (Fsp3) is 0.500. The first-order chi connectivity index (χ1) is 8.19. The van der Waals surface area contributed by atoms with Crippen LogP contribution in [-0.4, -0.2) is 17.1 Å². The Morgan fingerprint density at radius 1 is 1.47 bits per heavy atom. The lowest BCUT2D eigenvalue weighted by Gasteiger charge is -2.13. The van der Waals surface area contributed by atoms with E-state index in [1.165, 1.54) is 17.7 Å². The molecule has 2 heterocycles. The van der Waals surface area contributed by atoms with E-state index in [9.17, 15) is 0 Å². The summed E-state index contributed by atoms with van der Waals surface area (Å²) in [5.74, 6) is 1.87. The average molecular weight is 249 g/mol. The van der Waals surface area contributed by atoms with Gasteiger partial charge in [-0.3, -0.25) is 0 Å². The second-order valence-electron chi connectivity index (χ2n) is 4.54. The monoisotopic (exact) mass is 249 g/mol. The number of hydrogen-bond donors (Lipinski definition) is 1. The van der Waals surface area contributed by atoms with Crippen LogP contribution in [0.3, 0.4) is 0 Å². The number of nitrogens with two attached hydrogens (primary N) is 1. The minimum atomic E-state index is 0.00380. The molecule has 1 fully saturated rings. The highest BCUT2D eigenvalue weighted by atomic mass is 32.1. The van der Waals surface area contributed by atoms with Gasteiger partial charge in [-0.15, -0.1) is 11.3 Å². The first-order valence-corrected chi connectivity index (χ1v) is 6.57. The summed E-state index contributed by atoms with van der Waals surface area (Å²) in [6.07, 6.45) is 2.40. The average Bonchev–Trinajstić information content (AvgIpc) is 3.02. The van der Waals surface area contributed by atoms with Gasteiger partial charge in [-0.2, -0.15) is 0 Å². The largest absolute Gasteiger partial charge is 0.383 e. The van der Waals surface area contributed by atoms with Crippen molar-refractivity contribution in [3.63, 3.8) is 0 Å². The molecule has 1 aliphatic carbocycles. The van der Waals surface area contributed by atoms with Gasteiger partial charge < -0.3 is 10.5 Å². The molecule has 17 heavy (non-hydrogen) atoms. The molecule has 5 heteroatoms. The maximum absolute atomic E-state index is 5.98. The topological polar surface area (TPSA) is 61.0 Å². The van der Waals surface area contributed by atoms with Crippen molar-refractivity contribution < 1.29 is 4.74 Å². The van der Waals surface area contributed by atoms with Gasteiger partial charge in [-0.25, -0.2) is 9.97 Å². The third kappa shape index (κ3) is 1.89. The molecule has 4 nitrogen and oxygen atoms in total. The summed E-state index contributed by atoms with van der Waals surface area (Å²) in [7, 11) is 1.71. The number of nitrogens with zero attached hydrogens (tertiary/aromatic N) is 2. The highest BCUT2D eigenvalue weighted by Crippen LogP contribution is 2.42. The van der Waals surface area contributed by atoms with Gasteiger partial charge in [0.15, 0.2) is 5.82 Å². The number of ether oxygens (including phenoxy) is 1. The van der Waals surface area contributed by atoms with E-state index in [-0.39, 0.29) is 6.10 Å². The molecule has 2 aromatic heterocycles. The predicted molar refractivity (Wildman–Crippen MR) is 69.0 cm³/mol. The lowest BCUT2D eigenvalue weighted by Crippen LogP contribution is -2.10. The zero-order chi connectivity index (χ0) is 12.0. The third-order valence-corrected chi connectivity index (χ3v) is 4.07. The maximum atomic E-state index is 5.98. The minimum absolute atomic E-state index is 0.00380. The zero-order valence-corrected chi connectivity index (χ0v) is 10.8.